The maximum absolute atomic E-state index is 13.5. The van der Waals surface area contributed by atoms with Crippen LogP contribution in [0.4, 0.5) is 8.78 Å². The van der Waals surface area contributed by atoms with Gasteiger partial charge in [-0.05, 0) is 25.1 Å². The van der Waals surface area contributed by atoms with Crippen molar-refractivity contribution in [2.45, 2.75) is 19.4 Å². The maximum Gasteiger partial charge on any atom is 0.191 e. The Morgan fingerprint density at radius 3 is 2.47 bits per heavy atom. The van der Waals surface area contributed by atoms with Crippen LogP contribution in [0.3, 0.4) is 0 Å². The van der Waals surface area contributed by atoms with E-state index in [2.05, 4.69) is 27.8 Å². The second-order valence-corrected chi connectivity index (χ2v) is 5.11. The van der Waals surface area contributed by atoms with E-state index in [0.717, 1.165) is 26.1 Å². The lowest BCUT2D eigenvalue weighted by molar-refractivity contribution is 0.0154. The Kier molecular flexibility index (Phi) is 3.99. The van der Waals surface area contributed by atoms with Gasteiger partial charge in [0.2, 0.25) is 0 Å². The summed E-state index contributed by atoms with van der Waals surface area (Å²) < 4.78 is 32.6. The molecule has 1 aromatic rings. The van der Waals surface area contributed by atoms with E-state index in [1.54, 1.807) is 0 Å². The van der Waals surface area contributed by atoms with Crippen LogP contribution in [-0.4, -0.2) is 30.6 Å². The minimum Gasteiger partial charge on any atom is -0.482 e. The second-order valence-electron chi connectivity index (χ2n) is 4.20. The maximum atomic E-state index is 13.5. The summed E-state index contributed by atoms with van der Waals surface area (Å²) in [6.45, 7) is 4.58. The Morgan fingerprint density at radius 2 is 1.94 bits per heavy atom. The fourth-order valence-corrected chi connectivity index (χ4v) is 2.31. The van der Waals surface area contributed by atoms with Crippen LogP contribution in [0.5, 0.6) is 5.75 Å². The monoisotopic (exact) mass is 305 g/mol. The van der Waals surface area contributed by atoms with E-state index in [4.69, 9.17) is 4.74 Å². The summed E-state index contributed by atoms with van der Waals surface area (Å²) in [6, 6.07) is 2.42. The highest BCUT2D eigenvalue weighted by atomic mass is 79.9. The SMILES string of the molecule is CCCN1CC(Oc2c(F)cc(Br)cc2F)C1. The Hall–Kier alpha value is -0.680. The molecule has 0 amide bonds. The predicted molar refractivity (Wildman–Crippen MR) is 65.2 cm³/mol. The number of halogens is 3. The van der Waals surface area contributed by atoms with Gasteiger partial charge in [0.05, 0.1) is 0 Å². The zero-order valence-corrected chi connectivity index (χ0v) is 11.1. The van der Waals surface area contributed by atoms with Gasteiger partial charge >= 0.3 is 0 Å². The molecule has 0 N–H and O–H groups in total. The lowest BCUT2D eigenvalue weighted by atomic mass is 10.1. The Labute approximate surface area is 108 Å². The molecule has 1 saturated heterocycles. The molecule has 2 rings (SSSR count). The third kappa shape index (κ3) is 2.96. The first-order valence-electron chi connectivity index (χ1n) is 5.63. The number of likely N-dealkylation sites (tertiary alicyclic amines) is 1. The van der Waals surface area contributed by atoms with Gasteiger partial charge in [-0.15, -0.1) is 0 Å². The van der Waals surface area contributed by atoms with E-state index in [1.807, 2.05) is 0 Å². The van der Waals surface area contributed by atoms with E-state index in [1.165, 1.54) is 12.1 Å². The van der Waals surface area contributed by atoms with Crippen LogP contribution < -0.4 is 4.74 Å². The third-order valence-corrected chi connectivity index (χ3v) is 3.17. The lowest BCUT2D eigenvalue weighted by Gasteiger charge is -2.38. The van der Waals surface area contributed by atoms with Crippen molar-refractivity contribution in [3.8, 4) is 5.75 Å². The topological polar surface area (TPSA) is 12.5 Å². The van der Waals surface area contributed by atoms with Crippen LogP contribution >= 0.6 is 15.9 Å². The summed E-state index contributed by atoms with van der Waals surface area (Å²) in [7, 11) is 0. The largest absolute Gasteiger partial charge is 0.482 e. The molecule has 0 radical (unpaired) electrons. The first-order chi connectivity index (χ1) is 8.10. The summed E-state index contributed by atoms with van der Waals surface area (Å²) in [4.78, 5) is 2.19. The average Bonchev–Trinajstić information content (AvgIpc) is 2.18. The molecule has 5 heteroatoms. The summed E-state index contributed by atoms with van der Waals surface area (Å²) >= 11 is 3.03. The smallest absolute Gasteiger partial charge is 0.191 e. The molecule has 1 heterocycles. The molecule has 0 atom stereocenters. The van der Waals surface area contributed by atoms with Crippen molar-refractivity contribution in [2.24, 2.45) is 0 Å². The molecule has 2 nitrogen and oxygen atoms in total. The molecule has 17 heavy (non-hydrogen) atoms. The molecular formula is C12H14BrF2NO. The Morgan fingerprint density at radius 1 is 1.35 bits per heavy atom. The van der Waals surface area contributed by atoms with Crippen LogP contribution in [0.25, 0.3) is 0 Å². The van der Waals surface area contributed by atoms with E-state index < -0.39 is 11.6 Å². The normalized spacial score (nSPS) is 16.9. The number of hydrogen-bond acceptors (Lipinski definition) is 2. The van der Waals surface area contributed by atoms with Gasteiger partial charge in [0.25, 0.3) is 0 Å². The number of hydrogen-bond donors (Lipinski definition) is 0. The van der Waals surface area contributed by atoms with Crippen LogP contribution in [0.15, 0.2) is 16.6 Å². The van der Waals surface area contributed by atoms with Crippen molar-refractivity contribution in [2.75, 3.05) is 19.6 Å². The average molecular weight is 306 g/mol. The van der Waals surface area contributed by atoms with E-state index in [9.17, 15) is 8.78 Å². The molecular weight excluding hydrogens is 292 g/mol. The standard InChI is InChI=1S/C12H14BrF2NO/c1-2-3-16-6-9(7-16)17-12-10(14)4-8(13)5-11(12)15/h4-5,9H,2-3,6-7H2,1H3. The summed E-state index contributed by atoms with van der Waals surface area (Å²) in [6.07, 6.45) is 0.972. The second kappa shape index (κ2) is 5.31. The van der Waals surface area contributed by atoms with E-state index >= 15 is 0 Å². The number of ether oxygens (including phenoxy) is 1. The molecule has 0 aliphatic carbocycles. The van der Waals surface area contributed by atoms with Gasteiger partial charge < -0.3 is 4.74 Å². The number of rotatable bonds is 4. The molecule has 0 saturated carbocycles. The van der Waals surface area contributed by atoms with Crippen LogP contribution in [0, 0.1) is 11.6 Å². The highest BCUT2D eigenvalue weighted by Gasteiger charge is 2.29. The Bertz CT molecular complexity index is 384. The Balaban J connectivity index is 1.97. The molecule has 0 aromatic heterocycles. The molecule has 0 unspecified atom stereocenters. The van der Waals surface area contributed by atoms with Gasteiger partial charge in [0, 0.05) is 17.6 Å². The minimum atomic E-state index is -0.661. The molecule has 0 bridgehead atoms. The highest BCUT2D eigenvalue weighted by Crippen LogP contribution is 2.28. The summed E-state index contributed by atoms with van der Waals surface area (Å²) in [5.74, 6) is -1.59. The molecule has 0 spiro atoms. The zero-order chi connectivity index (χ0) is 12.4. The number of nitrogens with zero attached hydrogens (tertiary/aromatic N) is 1. The molecule has 1 aliphatic heterocycles. The van der Waals surface area contributed by atoms with Crippen LogP contribution in [-0.2, 0) is 0 Å². The van der Waals surface area contributed by atoms with Crippen molar-refractivity contribution in [3.63, 3.8) is 0 Å². The molecule has 1 fully saturated rings. The van der Waals surface area contributed by atoms with Crippen molar-refractivity contribution in [1.82, 2.24) is 4.90 Å². The van der Waals surface area contributed by atoms with Gasteiger partial charge in [-0.2, -0.15) is 0 Å². The van der Waals surface area contributed by atoms with Gasteiger partial charge in [0.1, 0.15) is 6.10 Å². The number of benzene rings is 1. The van der Waals surface area contributed by atoms with Crippen LogP contribution in [0.2, 0.25) is 0 Å². The van der Waals surface area contributed by atoms with Gasteiger partial charge in [-0.25, -0.2) is 8.78 Å². The van der Waals surface area contributed by atoms with E-state index in [-0.39, 0.29) is 11.9 Å². The van der Waals surface area contributed by atoms with Crippen molar-refractivity contribution < 1.29 is 13.5 Å². The van der Waals surface area contributed by atoms with Crippen molar-refractivity contribution >= 4 is 15.9 Å². The predicted octanol–water partition coefficient (Wildman–Crippen LogP) is 3.20. The fourth-order valence-electron chi connectivity index (χ4n) is 1.90. The van der Waals surface area contributed by atoms with E-state index in [0.29, 0.717) is 4.47 Å². The zero-order valence-electron chi connectivity index (χ0n) is 9.55. The van der Waals surface area contributed by atoms with Crippen molar-refractivity contribution in [3.05, 3.63) is 28.2 Å². The van der Waals surface area contributed by atoms with Crippen molar-refractivity contribution in [1.29, 1.82) is 0 Å². The highest BCUT2D eigenvalue weighted by molar-refractivity contribution is 9.10. The van der Waals surface area contributed by atoms with Crippen LogP contribution in [0.1, 0.15) is 13.3 Å². The first kappa shape index (κ1) is 12.8. The minimum absolute atomic E-state index is 0.105. The first-order valence-corrected chi connectivity index (χ1v) is 6.43. The molecule has 1 aromatic carbocycles. The molecule has 94 valence electrons. The van der Waals surface area contributed by atoms with Gasteiger partial charge in [0.15, 0.2) is 17.4 Å². The summed E-state index contributed by atoms with van der Waals surface area (Å²) in [5, 5.41) is 0. The lowest BCUT2D eigenvalue weighted by Crippen LogP contribution is -2.53. The van der Waals surface area contributed by atoms with Gasteiger partial charge in [-0.1, -0.05) is 22.9 Å². The quantitative estimate of drug-likeness (QED) is 0.847. The summed E-state index contributed by atoms with van der Waals surface area (Å²) in [5.41, 5.74) is 0. The fraction of sp³-hybridized carbons (Fsp3) is 0.500. The van der Waals surface area contributed by atoms with Gasteiger partial charge in [-0.3, -0.25) is 4.90 Å². The molecule has 1 aliphatic rings. The third-order valence-electron chi connectivity index (χ3n) is 2.71.